The number of hydrogen-bond acceptors (Lipinski definition) is 3. The van der Waals surface area contributed by atoms with E-state index in [9.17, 15) is 9.59 Å². The molecule has 1 aliphatic heterocycles. The highest BCUT2D eigenvalue weighted by molar-refractivity contribution is 5.82. The molecule has 0 bridgehead atoms. The molecule has 1 rings (SSSR count). The molecule has 5 heteroatoms. The minimum atomic E-state index is -0.805. The third kappa shape index (κ3) is 4.18. The molecule has 0 aromatic heterocycles. The average molecular weight is 228 g/mol. The van der Waals surface area contributed by atoms with Gasteiger partial charge in [0.25, 0.3) is 0 Å². The van der Waals surface area contributed by atoms with Crippen LogP contribution in [0.4, 0.5) is 0 Å². The van der Waals surface area contributed by atoms with Gasteiger partial charge in [0, 0.05) is 13.0 Å². The summed E-state index contributed by atoms with van der Waals surface area (Å²) < 4.78 is 0. The first-order chi connectivity index (χ1) is 7.63. The topological polar surface area (TPSA) is 78.4 Å². The quantitative estimate of drug-likeness (QED) is 0.613. The highest BCUT2D eigenvalue weighted by Gasteiger charge is 2.22. The van der Waals surface area contributed by atoms with Gasteiger partial charge in [0.15, 0.2) is 0 Å². The van der Waals surface area contributed by atoms with Gasteiger partial charge in [-0.3, -0.25) is 9.59 Å². The van der Waals surface area contributed by atoms with E-state index < -0.39 is 5.97 Å². The Hall–Kier alpha value is -1.10. The summed E-state index contributed by atoms with van der Waals surface area (Å²) in [5, 5.41) is 14.6. The largest absolute Gasteiger partial charge is 0.481 e. The van der Waals surface area contributed by atoms with Crippen molar-refractivity contribution in [2.75, 3.05) is 13.1 Å². The van der Waals surface area contributed by atoms with Gasteiger partial charge in [-0.1, -0.05) is 13.3 Å². The molecule has 0 saturated carbocycles. The van der Waals surface area contributed by atoms with Crippen LogP contribution in [0.25, 0.3) is 0 Å². The van der Waals surface area contributed by atoms with E-state index in [1.807, 2.05) is 6.92 Å². The van der Waals surface area contributed by atoms with Crippen LogP contribution < -0.4 is 10.6 Å². The normalized spacial score (nSPS) is 21.7. The second-order valence-corrected chi connectivity index (χ2v) is 4.27. The molecule has 1 aliphatic rings. The van der Waals surface area contributed by atoms with Gasteiger partial charge < -0.3 is 15.7 Å². The van der Waals surface area contributed by atoms with Crippen LogP contribution >= 0.6 is 0 Å². The first kappa shape index (κ1) is 13.0. The van der Waals surface area contributed by atoms with E-state index in [1.165, 1.54) is 0 Å². The Morgan fingerprint density at radius 3 is 2.81 bits per heavy atom. The number of carbonyl (C=O) groups excluding carboxylic acids is 1. The molecule has 1 amide bonds. The molecule has 16 heavy (non-hydrogen) atoms. The predicted octanol–water partition coefficient (Wildman–Crippen LogP) is 0.356. The number of amides is 1. The molecule has 0 aromatic carbocycles. The Labute approximate surface area is 95.6 Å². The lowest BCUT2D eigenvalue weighted by Gasteiger charge is -2.16. The number of carboxylic acid groups (broad SMARTS) is 1. The minimum Gasteiger partial charge on any atom is -0.481 e. The Kier molecular flexibility index (Phi) is 5.25. The molecule has 1 fully saturated rings. The Bertz CT molecular complexity index is 250. The van der Waals surface area contributed by atoms with Crippen molar-refractivity contribution in [1.82, 2.24) is 10.6 Å². The minimum absolute atomic E-state index is 0.00124. The standard InChI is InChI=1S/C11H20N2O3/c1-2-8(6-10(14)15)7-13-11(16)9-4-3-5-12-9/h8-9,12H,2-7H2,1H3,(H,13,16)(H,14,15). The molecule has 1 heterocycles. The average Bonchev–Trinajstić information content (AvgIpc) is 2.76. The van der Waals surface area contributed by atoms with Crippen LogP contribution in [-0.4, -0.2) is 36.1 Å². The molecule has 92 valence electrons. The molecule has 0 aromatic rings. The number of nitrogens with one attached hydrogen (secondary N) is 2. The Morgan fingerprint density at radius 1 is 1.56 bits per heavy atom. The van der Waals surface area contributed by atoms with Crippen LogP contribution in [0.15, 0.2) is 0 Å². The smallest absolute Gasteiger partial charge is 0.303 e. The lowest BCUT2D eigenvalue weighted by molar-refractivity contribution is -0.138. The number of carboxylic acids is 1. The first-order valence-corrected chi connectivity index (χ1v) is 5.86. The number of aliphatic carboxylic acids is 1. The lowest BCUT2D eigenvalue weighted by atomic mass is 10.0. The highest BCUT2D eigenvalue weighted by atomic mass is 16.4. The molecule has 0 spiro atoms. The van der Waals surface area contributed by atoms with Crippen molar-refractivity contribution in [3.63, 3.8) is 0 Å². The summed E-state index contributed by atoms with van der Waals surface area (Å²) in [6.07, 6.45) is 2.80. The summed E-state index contributed by atoms with van der Waals surface area (Å²) in [5.41, 5.74) is 0. The van der Waals surface area contributed by atoms with Gasteiger partial charge in [-0.15, -0.1) is 0 Å². The van der Waals surface area contributed by atoms with Crippen molar-refractivity contribution in [2.24, 2.45) is 5.92 Å². The maximum atomic E-state index is 11.6. The highest BCUT2D eigenvalue weighted by Crippen LogP contribution is 2.08. The molecule has 3 N–H and O–H groups in total. The molecule has 1 saturated heterocycles. The van der Waals surface area contributed by atoms with Gasteiger partial charge in [-0.05, 0) is 25.3 Å². The zero-order chi connectivity index (χ0) is 12.0. The lowest BCUT2D eigenvalue weighted by Crippen LogP contribution is -2.42. The molecule has 5 nitrogen and oxygen atoms in total. The Morgan fingerprint density at radius 2 is 2.31 bits per heavy atom. The van der Waals surface area contributed by atoms with Crippen molar-refractivity contribution in [3.8, 4) is 0 Å². The van der Waals surface area contributed by atoms with Crippen molar-refractivity contribution in [1.29, 1.82) is 0 Å². The summed E-state index contributed by atoms with van der Waals surface area (Å²) in [6.45, 7) is 3.29. The van der Waals surface area contributed by atoms with Gasteiger partial charge in [-0.2, -0.15) is 0 Å². The summed E-state index contributed by atoms with van der Waals surface area (Å²) in [7, 11) is 0. The number of carbonyl (C=O) groups is 2. The van der Waals surface area contributed by atoms with Crippen molar-refractivity contribution < 1.29 is 14.7 Å². The van der Waals surface area contributed by atoms with Gasteiger partial charge in [0.2, 0.25) is 5.91 Å². The molecule has 0 radical (unpaired) electrons. The van der Waals surface area contributed by atoms with Gasteiger partial charge >= 0.3 is 5.97 Å². The third-order valence-electron chi connectivity index (χ3n) is 2.98. The summed E-state index contributed by atoms with van der Waals surface area (Å²) >= 11 is 0. The molecule has 2 atom stereocenters. The fourth-order valence-electron chi connectivity index (χ4n) is 1.88. The maximum absolute atomic E-state index is 11.6. The van der Waals surface area contributed by atoms with Gasteiger partial charge in [-0.25, -0.2) is 0 Å². The zero-order valence-electron chi connectivity index (χ0n) is 9.66. The third-order valence-corrected chi connectivity index (χ3v) is 2.98. The SMILES string of the molecule is CCC(CNC(=O)C1CCCN1)CC(=O)O. The summed E-state index contributed by atoms with van der Waals surface area (Å²) in [4.78, 5) is 22.2. The van der Waals surface area contributed by atoms with E-state index >= 15 is 0 Å². The fourth-order valence-corrected chi connectivity index (χ4v) is 1.88. The van der Waals surface area contributed by atoms with Crippen LogP contribution in [0.1, 0.15) is 32.6 Å². The van der Waals surface area contributed by atoms with Crippen LogP contribution in [0, 0.1) is 5.92 Å². The van der Waals surface area contributed by atoms with Crippen molar-refractivity contribution in [3.05, 3.63) is 0 Å². The molecule has 2 unspecified atom stereocenters. The molecular formula is C11H20N2O3. The Balaban J connectivity index is 2.25. The second-order valence-electron chi connectivity index (χ2n) is 4.27. The molecular weight excluding hydrogens is 208 g/mol. The van der Waals surface area contributed by atoms with E-state index in [0.717, 1.165) is 25.8 Å². The summed E-state index contributed by atoms with van der Waals surface area (Å²) in [6, 6.07) is -0.0812. The van der Waals surface area contributed by atoms with Crippen LogP contribution in [0.2, 0.25) is 0 Å². The first-order valence-electron chi connectivity index (χ1n) is 5.86. The van der Waals surface area contributed by atoms with Crippen LogP contribution in [0.3, 0.4) is 0 Å². The molecule has 0 aliphatic carbocycles. The summed E-state index contributed by atoms with van der Waals surface area (Å²) in [5.74, 6) is -0.774. The monoisotopic (exact) mass is 228 g/mol. The van der Waals surface area contributed by atoms with E-state index in [2.05, 4.69) is 10.6 Å². The van der Waals surface area contributed by atoms with E-state index in [1.54, 1.807) is 0 Å². The van der Waals surface area contributed by atoms with Crippen molar-refractivity contribution in [2.45, 2.75) is 38.6 Å². The maximum Gasteiger partial charge on any atom is 0.303 e. The fraction of sp³-hybridized carbons (Fsp3) is 0.818. The van der Waals surface area contributed by atoms with E-state index in [4.69, 9.17) is 5.11 Å². The van der Waals surface area contributed by atoms with Gasteiger partial charge in [0.05, 0.1) is 6.04 Å². The van der Waals surface area contributed by atoms with E-state index in [-0.39, 0.29) is 24.3 Å². The number of rotatable bonds is 6. The van der Waals surface area contributed by atoms with Gasteiger partial charge in [0.1, 0.15) is 0 Å². The van der Waals surface area contributed by atoms with E-state index in [0.29, 0.717) is 6.54 Å². The second kappa shape index (κ2) is 6.48. The van der Waals surface area contributed by atoms with Crippen LogP contribution in [0.5, 0.6) is 0 Å². The van der Waals surface area contributed by atoms with Crippen molar-refractivity contribution >= 4 is 11.9 Å². The van der Waals surface area contributed by atoms with Crippen LogP contribution in [-0.2, 0) is 9.59 Å². The number of hydrogen-bond donors (Lipinski definition) is 3. The predicted molar refractivity (Wildman–Crippen MR) is 60.1 cm³/mol. The zero-order valence-corrected chi connectivity index (χ0v) is 9.66.